The Balaban J connectivity index is 1.60. The van der Waals surface area contributed by atoms with E-state index in [9.17, 15) is 18.0 Å². The van der Waals surface area contributed by atoms with Crippen molar-refractivity contribution in [2.24, 2.45) is 0 Å². The molecule has 0 aliphatic carbocycles. The number of nitrogens with zero attached hydrogens (tertiary/aromatic N) is 3. The number of carbonyl (C=O) groups is 1. The van der Waals surface area contributed by atoms with Crippen LogP contribution >= 0.6 is 0 Å². The molecule has 0 fully saturated rings. The minimum absolute atomic E-state index is 0.142. The Bertz CT molecular complexity index is 777. The molecule has 5 nitrogen and oxygen atoms in total. The minimum Gasteiger partial charge on any atom is -0.334 e. The lowest BCUT2D eigenvalue weighted by Gasteiger charge is -2.21. The number of pyridine rings is 1. The molecule has 0 saturated carbocycles. The van der Waals surface area contributed by atoms with Crippen LogP contribution in [0.4, 0.5) is 23.7 Å². The number of aromatic nitrogens is 1. The van der Waals surface area contributed by atoms with Crippen LogP contribution in [0, 0.1) is 0 Å². The van der Waals surface area contributed by atoms with E-state index in [-0.39, 0.29) is 12.7 Å². The van der Waals surface area contributed by atoms with Crippen LogP contribution < -0.4 is 10.2 Å². The highest BCUT2D eigenvalue weighted by Crippen LogP contribution is 2.32. The zero-order valence-corrected chi connectivity index (χ0v) is 13.1. The molecule has 1 aromatic heterocycles. The molecular weight excluding hydrogens is 333 g/mol. The van der Waals surface area contributed by atoms with Crippen molar-refractivity contribution in [2.75, 3.05) is 11.6 Å². The van der Waals surface area contributed by atoms with E-state index in [2.05, 4.69) is 10.3 Å². The van der Waals surface area contributed by atoms with Crippen LogP contribution in [0.15, 0.2) is 61.2 Å². The Morgan fingerprint density at radius 2 is 1.92 bits per heavy atom. The van der Waals surface area contributed by atoms with Gasteiger partial charge in [0.05, 0.1) is 5.56 Å². The topological polar surface area (TPSA) is 48.5 Å². The van der Waals surface area contributed by atoms with E-state index in [1.54, 1.807) is 41.7 Å². The first-order valence-electron chi connectivity index (χ1n) is 7.49. The van der Waals surface area contributed by atoms with Crippen LogP contribution in [-0.2, 0) is 12.7 Å². The lowest BCUT2D eigenvalue weighted by atomic mass is 10.2. The first kappa shape index (κ1) is 16.8. The Kier molecular flexibility index (Phi) is 4.60. The summed E-state index contributed by atoms with van der Waals surface area (Å²) >= 11 is 0. The van der Waals surface area contributed by atoms with Crippen molar-refractivity contribution in [1.82, 2.24) is 15.2 Å². The summed E-state index contributed by atoms with van der Waals surface area (Å²) in [7, 11) is 0. The average Bonchev–Trinajstić information content (AvgIpc) is 3.10. The Hall–Kier alpha value is -3.03. The molecule has 2 heterocycles. The highest BCUT2D eigenvalue weighted by atomic mass is 19.4. The summed E-state index contributed by atoms with van der Waals surface area (Å²) in [5.41, 5.74) is 0.552. The number of anilines is 1. The van der Waals surface area contributed by atoms with Crippen molar-refractivity contribution in [3.8, 4) is 0 Å². The molecule has 0 spiro atoms. The number of hydrogen-bond donors (Lipinski definition) is 1. The van der Waals surface area contributed by atoms with Crippen molar-refractivity contribution in [3.05, 3.63) is 72.3 Å². The molecule has 1 aliphatic rings. The second-order valence-electron chi connectivity index (χ2n) is 5.44. The van der Waals surface area contributed by atoms with Crippen molar-refractivity contribution < 1.29 is 18.0 Å². The average molecular weight is 348 g/mol. The predicted octanol–water partition coefficient (Wildman–Crippen LogP) is 3.56. The maximum atomic E-state index is 12.8. The molecular formula is C17H15F3N4O. The summed E-state index contributed by atoms with van der Waals surface area (Å²) in [6.07, 6.45) is 1.96. The number of halogens is 3. The Morgan fingerprint density at radius 3 is 2.64 bits per heavy atom. The SMILES string of the molecule is O=C(NCc1ccncc1)N1C=CN(c2cccc(C(F)(F)F)c2)C1. The first-order valence-corrected chi connectivity index (χ1v) is 7.49. The summed E-state index contributed by atoms with van der Waals surface area (Å²) in [6.45, 7) is 0.485. The van der Waals surface area contributed by atoms with E-state index in [4.69, 9.17) is 0 Å². The summed E-state index contributed by atoms with van der Waals surface area (Å²) < 4.78 is 38.4. The molecule has 1 aromatic carbocycles. The van der Waals surface area contributed by atoms with Gasteiger partial charge < -0.3 is 10.2 Å². The van der Waals surface area contributed by atoms with Crippen LogP contribution in [0.5, 0.6) is 0 Å². The molecule has 0 radical (unpaired) electrons. The van der Waals surface area contributed by atoms with Gasteiger partial charge in [-0.15, -0.1) is 0 Å². The summed E-state index contributed by atoms with van der Waals surface area (Å²) in [5, 5.41) is 2.75. The van der Waals surface area contributed by atoms with Gasteiger partial charge in [0.2, 0.25) is 0 Å². The van der Waals surface area contributed by atoms with Gasteiger partial charge in [0.1, 0.15) is 6.67 Å². The monoisotopic (exact) mass is 348 g/mol. The fourth-order valence-corrected chi connectivity index (χ4v) is 2.36. The molecule has 2 amide bonds. The maximum absolute atomic E-state index is 12.8. The molecule has 130 valence electrons. The van der Waals surface area contributed by atoms with E-state index in [1.165, 1.54) is 17.2 Å². The summed E-state index contributed by atoms with van der Waals surface area (Å²) in [6, 6.07) is 8.23. The molecule has 8 heteroatoms. The molecule has 2 aromatic rings. The number of nitrogens with one attached hydrogen (secondary N) is 1. The van der Waals surface area contributed by atoms with Crippen molar-refractivity contribution in [3.63, 3.8) is 0 Å². The van der Waals surface area contributed by atoms with Gasteiger partial charge in [0.25, 0.3) is 0 Å². The van der Waals surface area contributed by atoms with Gasteiger partial charge in [-0.3, -0.25) is 9.88 Å². The zero-order chi connectivity index (χ0) is 17.9. The van der Waals surface area contributed by atoms with Gasteiger partial charge in [-0.25, -0.2) is 4.79 Å². The van der Waals surface area contributed by atoms with E-state index >= 15 is 0 Å². The molecule has 25 heavy (non-hydrogen) atoms. The maximum Gasteiger partial charge on any atom is 0.416 e. The van der Waals surface area contributed by atoms with Gasteiger partial charge in [0, 0.05) is 37.0 Å². The number of urea groups is 1. The van der Waals surface area contributed by atoms with E-state index < -0.39 is 11.7 Å². The first-order chi connectivity index (χ1) is 11.9. The predicted molar refractivity (Wildman–Crippen MR) is 86.2 cm³/mol. The lowest BCUT2D eigenvalue weighted by molar-refractivity contribution is -0.137. The lowest BCUT2D eigenvalue weighted by Crippen LogP contribution is -2.38. The Labute approximate surface area is 142 Å². The van der Waals surface area contributed by atoms with E-state index in [0.717, 1.165) is 17.7 Å². The largest absolute Gasteiger partial charge is 0.416 e. The van der Waals surface area contributed by atoms with Crippen LogP contribution in [0.3, 0.4) is 0 Å². The highest BCUT2D eigenvalue weighted by Gasteiger charge is 2.31. The van der Waals surface area contributed by atoms with Crippen molar-refractivity contribution in [1.29, 1.82) is 0 Å². The molecule has 1 N–H and O–H groups in total. The number of alkyl halides is 3. The molecule has 0 unspecified atom stereocenters. The summed E-state index contributed by atoms with van der Waals surface area (Å²) in [5.74, 6) is 0. The number of carbonyl (C=O) groups excluding carboxylic acids is 1. The van der Waals surface area contributed by atoms with E-state index in [1.807, 2.05) is 0 Å². The number of amides is 2. The third-order valence-electron chi connectivity index (χ3n) is 3.69. The molecule has 0 saturated heterocycles. The number of benzene rings is 1. The van der Waals surface area contributed by atoms with Gasteiger partial charge in [0.15, 0.2) is 0 Å². The van der Waals surface area contributed by atoms with Crippen molar-refractivity contribution >= 4 is 11.7 Å². The molecule has 1 aliphatic heterocycles. The number of hydrogen-bond acceptors (Lipinski definition) is 3. The summed E-state index contributed by atoms with van der Waals surface area (Å²) in [4.78, 5) is 19.0. The van der Waals surface area contributed by atoms with Crippen LogP contribution in [0.25, 0.3) is 0 Å². The second kappa shape index (κ2) is 6.84. The molecule has 0 bridgehead atoms. The van der Waals surface area contributed by atoms with Gasteiger partial charge in [-0.2, -0.15) is 13.2 Å². The quantitative estimate of drug-likeness (QED) is 0.923. The van der Waals surface area contributed by atoms with Crippen LogP contribution in [0.2, 0.25) is 0 Å². The van der Waals surface area contributed by atoms with Crippen molar-refractivity contribution in [2.45, 2.75) is 12.7 Å². The van der Waals surface area contributed by atoms with Gasteiger partial charge in [-0.1, -0.05) is 6.07 Å². The zero-order valence-electron chi connectivity index (χ0n) is 13.1. The minimum atomic E-state index is -4.40. The van der Waals surface area contributed by atoms with Crippen LogP contribution in [0.1, 0.15) is 11.1 Å². The molecule has 3 rings (SSSR count). The smallest absolute Gasteiger partial charge is 0.334 e. The number of rotatable bonds is 3. The van der Waals surface area contributed by atoms with Gasteiger partial charge in [-0.05, 0) is 35.9 Å². The van der Waals surface area contributed by atoms with Crippen LogP contribution in [-0.4, -0.2) is 22.6 Å². The standard InChI is InChI=1S/C17H15F3N4O/c18-17(19,20)14-2-1-3-15(10-14)23-8-9-24(12-23)16(25)22-11-13-4-6-21-7-5-13/h1-10H,11-12H2,(H,22,25). The fraction of sp³-hybridized carbons (Fsp3) is 0.176. The Morgan fingerprint density at radius 1 is 1.16 bits per heavy atom. The highest BCUT2D eigenvalue weighted by molar-refractivity contribution is 5.76. The fourth-order valence-electron chi connectivity index (χ4n) is 2.36. The third-order valence-corrected chi connectivity index (χ3v) is 3.69. The second-order valence-corrected chi connectivity index (χ2v) is 5.44. The van der Waals surface area contributed by atoms with E-state index in [0.29, 0.717) is 12.2 Å². The van der Waals surface area contributed by atoms with Gasteiger partial charge >= 0.3 is 12.2 Å². The third kappa shape index (κ3) is 4.09. The normalized spacial score (nSPS) is 14.0. The molecule has 0 atom stereocenters.